The van der Waals surface area contributed by atoms with Crippen LogP contribution in [0.1, 0.15) is 28.9 Å². The van der Waals surface area contributed by atoms with Gasteiger partial charge in [-0.2, -0.15) is 0 Å². The Bertz CT molecular complexity index is 536. The van der Waals surface area contributed by atoms with Crippen LogP contribution in [0.15, 0.2) is 18.3 Å². The molecular weight excluding hydrogens is 264 g/mol. The molecule has 1 aliphatic rings. The van der Waals surface area contributed by atoms with Gasteiger partial charge in [-0.25, -0.2) is 4.98 Å². The van der Waals surface area contributed by atoms with Gasteiger partial charge in [-0.05, 0) is 45.1 Å². The number of hydrogen-bond donors (Lipinski definition) is 1. The molecule has 0 bridgehead atoms. The van der Waals surface area contributed by atoms with Crippen molar-refractivity contribution in [2.45, 2.75) is 18.9 Å². The van der Waals surface area contributed by atoms with Crippen molar-refractivity contribution in [3.05, 3.63) is 29.6 Å². The largest absolute Gasteiger partial charge is 0.337 e. The number of pyridine rings is 1. The van der Waals surface area contributed by atoms with E-state index in [9.17, 15) is 4.79 Å². The number of aromatic nitrogens is 1. The molecule has 1 aromatic heterocycles. The van der Waals surface area contributed by atoms with E-state index in [1.54, 1.807) is 12.3 Å². The summed E-state index contributed by atoms with van der Waals surface area (Å²) in [6, 6.07) is 3.84. The van der Waals surface area contributed by atoms with Gasteiger partial charge in [-0.3, -0.25) is 4.79 Å². The fraction of sp³-hybridized carbons (Fsp3) is 0.500. The Kier molecular flexibility index (Phi) is 5.32. The summed E-state index contributed by atoms with van der Waals surface area (Å²) in [6.07, 6.45) is 3.65. The van der Waals surface area contributed by atoms with Gasteiger partial charge in [-0.1, -0.05) is 11.8 Å². The van der Waals surface area contributed by atoms with Crippen molar-refractivity contribution in [1.82, 2.24) is 14.8 Å². The number of rotatable bonds is 2. The number of amides is 1. The van der Waals surface area contributed by atoms with Crippen LogP contribution in [0.3, 0.4) is 0 Å². The number of carbonyl (C=O) groups excluding carboxylic acids is 1. The molecule has 21 heavy (non-hydrogen) atoms. The van der Waals surface area contributed by atoms with E-state index < -0.39 is 0 Å². The van der Waals surface area contributed by atoms with Gasteiger partial charge in [0.25, 0.3) is 5.91 Å². The molecule has 0 spiro atoms. The zero-order valence-corrected chi connectivity index (χ0v) is 12.7. The molecule has 0 saturated carbocycles. The maximum atomic E-state index is 12.4. The van der Waals surface area contributed by atoms with Crippen molar-refractivity contribution in [2.24, 2.45) is 5.73 Å². The van der Waals surface area contributed by atoms with Crippen LogP contribution in [0.5, 0.6) is 0 Å². The van der Waals surface area contributed by atoms with E-state index in [0.29, 0.717) is 18.3 Å². The van der Waals surface area contributed by atoms with Gasteiger partial charge in [0.15, 0.2) is 0 Å². The summed E-state index contributed by atoms with van der Waals surface area (Å²) in [4.78, 5) is 20.8. The molecule has 2 rings (SSSR count). The van der Waals surface area contributed by atoms with Crippen molar-refractivity contribution in [3.8, 4) is 11.8 Å². The third-order valence-electron chi connectivity index (χ3n) is 3.87. The molecule has 5 nitrogen and oxygen atoms in total. The normalized spacial score (nSPS) is 16.1. The SMILES string of the molecule is CN1CCC(N(C)C(=O)c2ccc(C#CCN)cn2)CC1. The van der Waals surface area contributed by atoms with Gasteiger partial charge in [0.05, 0.1) is 6.54 Å². The van der Waals surface area contributed by atoms with E-state index in [4.69, 9.17) is 5.73 Å². The lowest BCUT2D eigenvalue weighted by molar-refractivity contribution is 0.0654. The summed E-state index contributed by atoms with van der Waals surface area (Å²) in [5.74, 6) is 5.64. The van der Waals surface area contributed by atoms with Crippen molar-refractivity contribution in [2.75, 3.05) is 33.7 Å². The fourth-order valence-corrected chi connectivity index (χ4v) is 2.48. The van der Waals surface area contributed by atoms with Gasteiger partial charge in [0.2, 0.25) is 0 Å². The molecule has 1 fully saturated rings. The maximum Gasteiger partial charge on any atom is 0.272 e. The second-order valence-electron chi connectivity index (χ2n) is 5.39. The second kappa shape index (κ2) is 7.21. The zero-order chi connectivity index (χ0) is 15.2. The minimum absolute atomic E-state index is 0.0251. The Balaban J connectivity index is 2.02. The molecule has 1 saturated heterocycles. The van der Waals surface area contributed by atoms with E-state index in [1.165, 1.54) is 0 Å². The van der Waals surface area contributed by atoms with Gasteiger partial charge < -0.3 is 15.5 Å². The monoisotopic (exact) mass is 286 g/mol. The Morgan fingerprint density at radius 2 is 2.19 bits per heavy atom. The van der Waals surface area contributed by atoms with Gasteiger partial charge in [0, 0.05) is 24.8 Å². The topological polar surface area (TPSA) is 62.5 Å². The lowest BCUT2D eigenvalue weighted by Gasteiger charge is -2.34. The maximum absolute atomic E-state index is 12.4. The first-order chi connectivity index (χ1) is 10.1. The van der Waals surface area contributed by atoms with Crippen LogP contribution >= 0.6 is 0 Å². The Morgan fingerprint density at radius 3 is 2.76 bits per heavy atom. The quantitative estimate of drug-likeness (QED) is 0.807. The number of likely N-dealkylation sites (tertiary alicyclic amines) is 1. The summed E-state index contributed by atoms with van der Waals surface area (Å²) < 4.78 is 0. The van der Waals surface area contributed by atoms with Gasteiger partial charge in [-0.15, -0.1) is 0 Å². The highest BCUT2D eigenvalue weighted by Gasteiger charge is 2.25. The third kappa shape index (κ3) is 4.03. The summed E-state index contributed by atoms with van der Waals surface area (Å²) in [7, 11) is 3.98. The predicted molar refractivity (Wildman–Crippen MR) is 82.8 cm³/mol. The average Bonchev–Trinajstić information content (AvgIpc) is 2.53. The van der Waals surface area contributed by atoms with Crippen molar-refractivity contribution in [3.63, 3.8) is 0 Å². The summed E-state index contributed by atoms with van der Waals surface area (Å²) in [5, 5.41) is 0. The van der Waals surface area contributed by atoms with E-state index in [-0.39, 0.29) is 5.91 Å². The van der Waals surface area contributed by atoms with Crippen LogP contribution in [0.4, 0.5) is 0 Å². The minimum atomic E-state index is -0.0251. The second-order valence-corrected chi connectivity index (χ2v) is 5.39. The highest BCUT2D eigenvalue weighted by Crippen LogP contribution is 2.16. The van der Waals surface area contributed by atoms with Crippen molar-refractivity contribution in [1.29, 1.82) is 0 Å². The first kappa shape index (κ1) is 15.5. The van der Waals surface area contributed by atoms with Crippen LogP contribution in [-0.2, 0) is 0 Å². The molecule has 2 heterocycles. The smallest absolute Gasteiger partial charge is 0.272 e. The lowest BCUT2D eigenvalue weighted by atomic mass is 10.0. The first-order valence-electron chi connectivity index (χ1n) is 7.22. The number of nitrogens with zero attached hydrogens (tertiary/aromatic N) is 3. The fourth-order valence-electron chi connectivity index (χ4n) is 2.48. The Labute approximate surface area is 126 Å². The molecule has 1 aliphatic heterocycles. The van der Waals surface area contributed by atoms with Crippen LogP contribution in [-0.4, -0.2) is 60.5 Å². The molecule has 0 aliphatic carbocycles. The first-order valence-corrected chi connectivity index (χ1v) is 7.22. The van der Waals surface area contributed by atoms with E-state index in [0.717, 1.165) is 31.5 Å². The predicted octanol–water partition coefficient (Wildman–Crippen LogP) is 0.558. The molecular formula is C16H22N4O. The van der Waals surface area contributed by atoms with Crippen molar-refractivity contribution < 1.29 is 4.79 Å². The molecule has 0 unspecified atom stereocenters. The van der Waals surface area contributed by atoms with E-state index in [2.05, 4.69) is 28.8 Å². The highest BCUT2D eigenvalue weighted by atomic mass is 16.2. The average molecular weight is 286 g/mol. The highest BCUT2D eigenvalue weighted by molar-refractivity contribution is 5.92. The summed E-state index contributed by atoms with van der Waals surface area (Å²) in [6.45, 7) is 2.38. The van der Waals surface area contributed by atoms with E-state index in [1.807, 2.05) is 18.0 Å². The minimum Gasteiger partial charge on any atom is -0.337 e. The number of piperidine rings is 1. The number of carbonyl (C=O) groups is 1. The summed E-state index contributed by atoms with van der Waals surface area (Å²) in [5.41, 5.74) is 6.57. The number of nitrogens with two attached hydrogens (primary N) is 1. The van der Waals surface area contributed by atoms with E-state index >= 15 is 0 Å². The Morgan fingerprint density at radius 1 is 1.48 bits per heavy atom. The molecule has 0 radical (unpaired) electrons. The molecule has 0 aromatic carbocycles. The number of hydrogen-bond acceptors (Lipinski definition) is 4. The molecule has 112 valence electrons. The molecule has 0 atom stereocenters. The van der Waals surface area contributed by atoms with Crippen LogP contribution in [0.25, 0.3) is 0 Å². The van der Waals surface area contributed by atoms with Crippen LogP contribution in [0, 0.1) is 11.8 Å². The standard InChI is InChI=1S/C16H22N4O/c1-19-10-7-14(8-11-19)20(2)16(21)15-6-5-13(12-18-15)4-3-9-17/h5-6,12,14H,7-11,17H2,1-2H3. The lowest BCUT2D eigenvalue weighted by Crippen LogP contribution is -2.44. The zero-order valence-electron chi connectivity index (χ0n) is 12.7. The van der Waals surface area contributed by atoms with Crippen LogP contribution < -0.4 is 5.73 Å². The van der Waals surface area contributed by atoms with Crippen molar-refractivity contribution >= 4 is 5.91 Å². The summed E-state index contributed by atoms with van der Waals surface area (Å²) >= 11 is 0. The van der Waals surface area contributed by atoms with Gasteiger partial charge >= 0.3 is 0 Å². The molecule has 1 aromatic rings. The van der Waals surface area contributed by atoms with Gasteiger partial charge in [0.1, 0.15) is 5.69 Å². The van der Waals surface area contributed by atoms with Crippen LogP contribution in [0.2, 0.25) is 0 Å². The molecule has 2 N–H and O–H groups in total. The Hall–Kier alpha value is -1.90. The third-order valence-corrected chi connectivity index (χ3v) is 3.87. The molecule has 5 heteroatoms. The molecule has 1 amide bonds.